The summed E-state index contributed by atoms with van der Waals surface area (Å²) in [6.45, 7) is 0. The minimum absolute atomic E-state index is 0.587. The van der Waals surface area contributed by atoms with Gasteiger partial charge in [0.15, 0.2) is 0 Å². The third-order valence-electron chi connectivity index (χ3n) is 8.54. The van der Waals surface area contributed by atoms with Crippen molar-refractivity contribution in [1.82, 2.24) is 14.5 Å². The summed E-state index contributed by atoms with van der Waals surface area (Å²) in [4.78, 5) is 9.04. The maximum absolute atomic E-state index is 9.40. The van der Waals surface area contributed by atoms with Crippen molar-refractivity contribution in [3.8, 4) is 62.6 Å². The lowest BCUT2D eigenvalue weighted by atomic mass is 9.97. The third-order valence-corrected chi connectivity index (χ3v) is 8.54. The minimum atomic E-state index is 0.587. The Bertz CT molecular complexity index is 2390. The molecule has 0 unspecified atom stereocenters. The number of rotatable bonds is 5. The van der Waals surface area contributed by atoms with Gasteiger partial charge in [0.1, 0.15) is 0 Å². The van der Waals surface area contributed by atoms with Crippen LogP contribution in [-0.2, 0) is 0 Å². The van der Waals surface area contributed by atoms with E-state index in [1.165, 1.54) is 0 Å². The molecule has 0 bridgehead atoms. The zero-order valence-corrected chi connectivity index (χ0v) is 25.2. The molecule has 5 heteroatoms. The second kappa shape index (κ2) is 11.6. The van der Waals surface area contributed by atoms with Gasteiger partial charge in [-0.15, -0.1) is 0 Å². The van der Waals surface area contributed by atoms with Crippen LogP contribution < -0.4 is 0 Å². The molecule has 218 valence electrons. The predicted molar refractivity (Wildman–Crippen MR) is 188 cm³/mol. The average molecular weight is 600 g/mol. The van der Waals surface area contributed by atoms with Crippen molar-refractivity contribution in [1.29, 1.82) is 10.5 Å². The number of aromatic nitrogens is 3. The lowest BCUT2D eigenvalue weighted by Crippen LogP contribution is -1.93. The van der Waals surface area contributed by atoms with Gasteiger partial charge in [-0.2, -0.15) is 10.5 Å². The molecular weight excluding hydrogens is 574 g/mol. The molecule has 47 heavy (non-hydrogen) atoms. The van der Waals surface area contributed by atoms with Gasteiger partial charge in [0, 0.05) is 40.0 Å². The van der Waals surface area contributed by atoms with Crippen LogP contribution in [0, 0.1) is 22.7 Å². The Morgan fingerprint density at radius 2 is 0.894 bits per heavy atom. The summed E-state index contributed by atoms with van der Waals surface area (Å²) >= 11 is 0. The second-order valence-electron chi connectivity index (χ2n) is 11.4. The van der Waals surface area contributed by atoms with E-state index in [-0.39, 0.29) is 0 Å². The van der Waals surface area contributed by atoms with Crippen LogP contribution in [0.2, 0.25) is 0 Å². The van der Waals surface area contributed by atoms with Gasteiger partial charge in [0.25, 0.3) is 0 Å². The molecule has 0 aliphatic carbocycles. The molecule has 3 heterocycles. The SMILES string of the molecule is N#Cc1ccnc(-c2cccc(-c3ccc4c(c3)c3cc(-c5cccc(-c6cc(C#N)ccn6)c5)ccc3n4-c3ccccc3)c2)c1. The van der Waals surface area contributed by atoms with E-state index in [0.717, 1.165) is 72.3 Å². The molecule has 0 amide bonds. The number of fused-ring (bicyclic) bond motifs is 3. The maximum atomic E-state index is 9.40. The molecule has 5 nitrogen and oxygen atoms in total. The highest BCUT2D eigenvalue weighted by atomic mass is 15.0. The average Bonchev–Trinajstić information content (AvgIpc) is 3.48. The van der Waals surface area contributed by atoms with Crippen LogP contribution in [0.25, 0.3) is 72.3 Å². The third kappa shape index (κ3) is 5.09. The van der Waals surface area contributed by atoms with Gasteiger partial charge in [-0.05, 0) is 95.1 Å². The van der Waals surface area contributed by atoms with Gasteiger partial charge in [0.2, 0.25) is 0 Å². The number of para-hydroxylation sites is 1. The molecule has 8 rings (SSSR count). The Hall–Kier alpha value is -6.82. The van der Waals surface area contributed by atoms with E-state index in [0.29, 0.717) is 11.1 Å². The van der Waals surface area contributed by atoms with Gasteiger partial charge in [-0.3, -0.25) is 9.97 Å². The van der Waals surface area contributed by atoms with Gasteiger partial charge >= 0.3 is 0 Å². The van der Waals surface area contributed by atoms with Crippen molar-refractivity contribution in [2.45, 2.75) is 0 Å². The van der Waals surface area contributed by atoms with Crippen LogP contribution in [0.3, 0.4) is 0 Å². The van der Waals surface area contributed by atoms with Crippen LogP contribution in [0.1, 0.15) is 11.1 Å². The standard InChI is InChI=1S/C42H25N5/c43-26-28-16-18-45-39(20-28)34-8-4-6-30(22-34)32-12-14-41-37(24-32)38-25-33(13-15-42(38)47(41)36-10-2-1-3-11-36)31-7-5-9-35(23-31)40-21-29(27-44)17-19-46-40/h1-25H. The van der Waals surface area contributed by atoms with Crippen molar-refractivity contribution >= 4 is 21.8 Å². The number of benzene rings is 5. The molecule has 0 fully saturated rings. The molecule has 0 atom stereocenters. The lowest BCUT2D eigenvalue weighted by molar-refractivity contribution is 1.18. The first-order valence-electron chi connectivity index (χ1n) is 15.3. The number of nitrogens with zero attached hydrogens (tertiary/aromatic N) is 5. The Labute approximate surface area is 271 Å². The summed E-state index contributed by atoms with van der Waals surface area (Å²) in [5.41, 5.74) is 12.3. The van der Waals surface area contributed by atoms with E-state index in [1.807, 2.05) is 42.5 Å². The van der Waals surface area contributed by atoms with E-state index in [4.69, 9.17) is 0 Å². The van der Waals surface area contributed by atoms with Gasteiger partial charge in [0.05, 0.1) is 45.7 Å². The van der Waals surface area contributed by atoms with E-state index in [2.05, 4.69) is 112 Å². The summed E-state index contributed by atoms with van der Waals surface area (Å²) in [5.74, 6) is 0. The fraction of sp³-hybridized carbons (Fsp3) is 0. The zero-order chi connectivity index (χ0) is 31.7. The van der Waals surface area contributed by atoms with Crippen molar-refractivity contribution in [2.75, 3.05) is 0 Å². The highest BCUT2D eigenvalue weighted by Crippen LogP contribution is 2.38. The van der Waals surface area contributed by atoms with Gasteiger partial charge in [-0.1, -0.05) is 66.7 Å². The normalized spacial score (nSPS) is 10.9. The molecule has 8 aromatic rings. The van der Waals surface area contributed by atoms with Crippen LogP contribution in [-0.4, -0.2) is 14.5 Å². The number of nitriles is 2. The monoisotopic (exact) mass is 599 g/mol. The Morgan fingerprint density at radius 1 is 0.426 bits per heavy atom. The van der Waals surface area contributed by atoms with E-state index >= 15 is 0 Å². The zero-order valence-electron chi connectivity index (χ0n) is 25.2. The molecule has 5 aromatic carbocycles. The summed E-state index contributed by atoms with van der Waals surface area (Å²) in [6.07, 6.45) is 3.36. The van der Waals surface area contributed by atoms with Crippen LogP contribution >= 0.6 is 0 Å². The number of hydrogen-bond acceptors (Lipinski definition) is 4. The summed E-state index contributed by atoms with van der Waals surface area (Å²) in [6, 6.07) is 51.9. The quantitative estimate of drug-likeness (QED) is 0.197. The highest BCUT2D eigenvalue weighted by molar-refractivity contribution is 6.11. The molecule has 0 saturated heterocycles. The molecule has 0 saturated carbocycles. The molecule has 0 spiro atoms. The van der Waals surface area contributed by atoms with E-state index in [9.17, 15) is 10.5 Å². The molecule has 0 radical (unpaired) electrons. The highest BCUT2D eigenvalue weighted by Gasteiger charge is 2.15. The number of hydrogen-bond donors (Lipinski definition) is 0. The molecule has 0 aliphatic rings. The smallest absolute Gasteiger partial charge is 0.0992 e. The summed E-state index contributed by atoms with van der Waals surface area (Å²) in [5, 5.41) is 21.1. The fourth-order valence-electron chi connectivity index (χ4n) is 6.27. The van der Waals surface area contributed by atoms with Crippen molar-refractivity contribution in [3.63, 3.8) is 0 Å². The topological polar surface area (TPSA) is 78.3 Å². The molecular formula is C42H25N5. The first kappa shape index (κ1) is 27.7. The van der Waals surface area contributed by atoms with Crippen molar-refractivity contribution in [3.05, 3.63) is 163 Å². The van der Waals surface area contributed by atoms with Crippen molar-refractivity contribution < 1.29 is 0 Å². The lowest BCUT2D eigenvalue weighted by Gasteiger charge is -2.09. The van der Waals surface area contributed by atoms with E-state index < -0.39 is 0 Å². The van der Waals surface area contributed by atoms with Gasteiger partial charge < -0.3 is 4.57 Å². The molecule has 3 aromatic heterocycles. The first-order chi connectivity index (χ1) is 23.2. The largest absolute Gasteiger partial charge is 0.309 e. The maximum Gasteiger partial charge on any atom is 0.0992 e. The first-order valence-corrected chi connectivity index (χ1v) is 15.3. The van der Waals surface area contributed by atoms with E-state index in [1.54, 1.807) is 24.5 Å². The van der Waals surface area contributed by atoms with Gasteiger partial charge in [-0.25, -0.2) is 0 Å². The number of pyridine rings is 2. The second-order valence-corrected chi connectivity index (χ2v) is 11.4. The summed E-state index contributed by atoms with van der Waals surface area (Å²) in [7, 11) is 0. The minimum Gasteiger partial charge on any atom is -0.309 e. The molecule has 0 N–H and O–H groups in total. The van der Waals surface area contributed by atoms with Crippen LogP contribution in [0.15, 0.2) is 152 Å². The Morgan fingerprint density at radius 3 is 1.38 bits per heavy atom. The molecule has 0 aliphatic heterocycles. The fourth-order valence-corrected chi connectivity index (χ4v) is 6.27. The Balaban J connectivity index is 1.29. The Kier molecular flexibility index (Phi) is 6.84. The predicted octanol–water partition coefficient (Wildman–Crippen LogP) is 9.99. The van der Waals surface area contributed by atoms with Crippen LogP contribution in [0.4, 0.5) is 0 Å². The van der Waals surface area contributed by atoms with Crippen molar-refractivity contribution in [2.24, 2.45) is 0 Å². The van der Waals surface area contributed by atoms with Crippen LogP contribution in [0.5, 0.6) is 0 Å². The summed E-state index contributed by atoms with van der Waals surface area (Å²) < 4.78 is 2.32.